The van der Waals surface area contributed by atoms with Gasteiger partial charge >= 0.3 is 39.0 Å². The molecule has 2 heterocycles. The third kappa shape index (κ3) is 38.8. The molecule has 14 heteroatoms. The van der Waals surface area contributed by atoms with E-state index in [2.05, 4.69) is 245 Å². The molecular weight excluding hydrogens is 1450 g/mol. The molecule has 98 heavy (non-hydrogen) atoms. The molecule has 2 aromatic heterocycles. The molecule has 4 aromatic rings. The van der Waals surface area contributed by atoms with E-state index >= 15 is 0 Å². The third-order valence-corrected chi connectivity index (χ3v) is 35.6. The third-order valence-electron chi connectivity index (χ3n) is 19.6. The molecule has 4 unspecified atom stereocenters. The van der Waals surface area contributed by atoms with E-state index in [1.165, 1.54) is 0 Å². The minimum Gasteiger partial charge on any atom is -0.545 e. The topological polar surface area (TPSA) is 125 Å². The zero-order chi connectivity index (χ0) is 75.2. The van der Waals surface area contributed by atoms with Gasteiger partial charge in [-0.25, -0.2) is 0 Å². The fraction of sp³-hybridized carbons (Fsp3) is 0.714. The number of benzene rings is 2. The number of aromatic hydroxyl groups is 2. The van der Waals surface area contributed by atoms with Crippen molar-refractivity contribution in [1.82, 2.24) is 9.97 Å². The van der Waals surface area contributed by atoms with Gasteiger partial charge in [-0.1, -0.05) is 104 Å². The van der Waals surface area contributed by atoms with Crippen LogP contribution in [0.25, 0.3) is 21.8 Å². The van der Waals surface area contributed by atoms with Gasteiger partial charge in [0.15, 0.2) is 0 Å². The van der Waals surface area contributed by atoms with Gasteiger partial charge in [0.05, 0.1) is 80.0 Å². The standard InChI is InChI=1S/C28H48N2.2C9H7NO.4C9H21P.2CHO.2Ru/c1-11-21-13-23(17(3)4)27(24(14-21)18(5)6)29-30-28-25(19(7)8)15-22(12-2)16-26(28)20(9)10;2*11-8-5-1-3-7-4-2-6-10-9(7)8;4*1-7(2)10(8(3)4)9(5)6;2*1-2;;/h1-2,11-12,17-28H,13-16H2,3-10H3;2*1-6,11H;4*7-9H,1-6H3;2*1H;;/q-2;;;;;;;2*-1;2*+2/p+4. The number of hydrogen-bond acceptors (Lipinski definition) is 8. The summed E-state index contributed by atoms with van der Waals surface area (Å²) in [7, 11) is -0.383. The first-order valence-corrected chi connectivity index (χ1v) is 44.1. The van der Waals surface area contributed by atoms with Crippen molar-refractivity contribution in [2.24, 2.45) is 69.4 Å². The number of fused-ring (bicyclic) bond motifs is 2. The molecular formula is C84H152N4O4P4Ru2+4. The molecule has 0 spiro atoms. The van der Waals surface area contributed by atoms with Crippen LogP contribution in [0.5, 0.6) is 11.5 Å². The minimum atomic E-state index is -0.0957. The Labute approximate surface area is 637 Å². The number of phenols is 2. The largest absolute Gasteiger partial charge is 2.00 e. The van der Waals surface area contributed by atoms with Crippen molar-refractivity contribution >= 4 is 67.1 Å². The van der Waals surface area contributed by atoms with Gasteiger partial charge in [0, 0.05) is 54.9 Å². The van der Waals surface area contributed by atoms with Crippen LogP contribution in [0.1, 0.15) is 247 Å². The molecule has 2 saturated carbocycles. The fourth-order valence-corrected chi connectivity index (χ4v) is 32.4. The molecule has 0 saturated heterocycles. The first-order valence-electron chi connectivity index (χ1n) is 37.2. The van der Waals surface area contributed by atoms with Crippen molar-refractivity contribution < 1.29 is 58.8 Å². The van der Waals surface area contributed by atoms with E-state index in [4.69, 9.17) is 33.0 Å². The Kier molecular flexibility index (Phi) is 60.6. The summed E-state index contributed by atoms with van der Waals surface area (Å²) in [5, 5.41) is 31.0. The van der Waals surface area contributed by atoms with E-state index < -0.39 is 0 Å². The summed E-state index contributed by atoms with van der Waals surface area (Å²) in [5.74, 6) is 6.14. The smallest absolute Gasteiger partial charge is 0.545 e. The fourth-order valence-electron chi connectivity index (χ4n) is 16.4. The van der Waals surface area contributed by atoms with E-state index in [1.54, 1.807) is 36.7 Å². The van der Waals surface area contributed by atoms with Crippen molar-refractivity contribution in [3.05, 3.63) is 98.4 Å². The number of nitrogens with zero attached hydrogens (tertiary/aromatic N) is 4. The van der Waals surface area contributed by atoms with Gasteiger partial charge in [-0.3, -0.25) is 35.7 Å². The van der Waals surface area contributed by atoms with Gasteiger partial charge in [-0.05, 0) is 263 Å². The molecule has 2 aromatic carbocycles. The van der Waals surface area contributed by atoms with Gasteiger partial charge in [0.25, 0.3) is 0 Å². The molecule has 2 N–H and O–H groups in total. The number of hydrogen-bond donors (Lipinski definition) is 2. The Bertz CT molecular complexity index is 2300. The molecule has 0 bridgehead atoms. The molecule has 8 nitrogen and oxygen atoms in total. The Balaban J connectivity index is -0.000000360. The maximum absolute atomic E-state index is 9.31. The Morgan fingerprint density at radius 2 is 0.531 bits per heavy atom. The summed E-state index contributed by atoms with van der Waals surface area (Å²) in [6, 6.07) is 18.9. The van der Waals surface area contributed by atoms with E-state index in [0.29, 0.717) is 82.3 Å². The molecule has 0 aliphatic heterocycles. The first kappa shape index (κ1) is 105. The SMILES string of the molecule is CC(C)[PH+](C(C)C)C(C)C.CC(C)[PH+](C(C)C)C(C)C.CC(C)[PH+](C(C)C)C(C)C.CC(C)[PH+](C(C)C)C(C)C.Oc1cccc2cccnc12.Oc1cccc2cccnc12.[CH-]=CC1CC(C(C)C)C(N=NC2C(C(C)C)CC(C=[CH-])CC2C(C)C)C(C(C)C)C1.[CH-]=O.[CH-]=O.[Ru+2].[Ru+2]. The molecule has 2 aliphatic rings. The van der Waals surface area contributed by atoms with Crippen molar-refractivity contribution in [1.29, 1.82) is 0 Å². The number of phenolic OH excluding ortho intramolecular Hbond substituents is 2. The minimum absolute atomic E-state index is 0. The average molecular weight is 1610 g/mol. The monoisotopic (exact) mass is 1610 g/mol. The summed E-state index contributed by atoms with van der Waals surface area (Å²) in [6.07, 6.45) is 11.8. The maximum atomic E-state index is 9.31. The zero-order valence-electron chi connectivity index (χ0n) is 68.3. The number of carbonyl (C=O) groups excluding carboxylic acids is 2. The predicted molar refractivity (Wildman–Crippen MR) is 444 cm³/mol. The van der Waals surface area contributed by atoms with E-state index in [-0.39, 0.29) is 82.1 Å². The summed E-state index contributed by atoms with van der Waals surface area (Å²) < 4.78 is 0. The summed E-state index contributed by atoms with van der Waals surface area (Å²) in [5.41, 5.74) is 12.5. The van der Waals surface area contributed by atoms with Crippen LogP contribution in [-0.2, 0) is 48.5 Å². The second-order valence-electron chi connectivity index (χ2n) is 32.3. The van der Waals surface area contributed by atoms with Gasteiger partial charge in [0.1, 0.15) is 22.5 Å². The van der Waals surface area contributed by atoms with Gasteiger partial charge < -0.3 is 33.0 Å². The molecule has 564 valence electrons. The van der Waals surface area contributed by atoms with E-state index in [0.717, 1.165) is 104 Å². The molecule has 0 amide bonds. The van der Waals surface area contributed by atoms with Crippen LogP contribution in [0.2, 0.25) is 0 Å². The van der Waals surface area contributed by atoms with Gasteiger partial charge in [-0.2, -0.15) is 10.2 Å². The normalized spacial score (nSPS) is 19.2. The van der Waals surface area contributed by atoms with Crippen molar-refractivity contribution in [3.8, 4) is 11.5 Å². The molecule has 0 radical (unpaired) electrons. The zero-order valence-corrected chi connectivity index (χ0v) is 75.8. The Morgan fingerprint density at radius 3 is 0.673 bits per heavy atom. The summed E-state index contributed by atoms with van der Waals surface area (Å²) >= 11 is 0. The first-order chi connectivity index (χ1) is 44.7. The van der Waals surface area contributed by atoms with Crippen LogP contribution in [0, 0.1) is 72.3 Å². The van der Waals surface area contributed by atoms with Crippen molar-refractivity contribution in [2.75, 3.05) is 0 Å². The number of aromatic nitrogens is 2. The van der Waals surface area contributed by atoms with Crippen molar-refractivity contribution in [3.63, 3.8) is 0 Å². The molecule has 2 aliphatic carbocycles. The molecule has 4 atom stereocenters. The van der Waals surface area contributed by atoms with E-state index in [1.807, 2.05) is 48.6 Å². The number of allylic oxidation sites excluding steroid dienone is 2. The summed E-state index contributed by atoms with van der Waals surface area (Å²) in [6.45, 7) is 94.1. The average Bonchev–Trinajstić information content (AvgIpc) is 0.799. The number of rotatable bonds is 20. The summed E-state index contributed by atoms with van der Waals surface area (Å²) in [4.78, 5) is 23.6. The maximum Gasteiger partial charge on any atom is 2.00 e. The van der Waals surface area contributed by atoms with Crippen molar-refractivity contribution in [2.45, 2.75) is 327 Å². The number of azo groups is 1. The second kappa shape index (κ2) is 56.6. The van der Waals surface area contributed by atoms with Crippen LogP contribution >= 0.6 is 31.7 Å². The van der Waals surface area contributed by atoms with Crippen LogP contribution < -0.4 is 0 Å². The quantitative estimate of drug-likeness (QED) is 0.0299. The van der Waals surface area contributed by atoms with Crippen LogP contribution in [-0.4, -0.2) is 114 Å². The van der Waals surface area contributed by atoms with Gasteiger partial charge in [0.2, 0.25) is 0 Å². The van der Waals surface area contributed by atoms with E-state index in [9.17, 15) is 10.2 Å². The predicted octanol–water partition coefficient (Wildman–Crippen LogP) is 25.1. The Hall–Kier alpha value is -1.75. The van der Waals surface area contributed by atoms with Gasteiger partial charge in [-0.15, -0.1) is 0 Å². The molecule has 2 fully saturated rings. The second-order valence-corrected chi connectivity index (χ2v) is 50.1. The van der Waals surface area contributed by atoms with Crippen LogP contribution in [0.3, 0.4) is 0 Å². The van der Waals surface area contributed by atoms with Crippen LogP contribution in [0.4, 0.5) is 0 Å². The van der Waals surface area contributed by atoms with Crippen LogP contribution in [0.15, 0.2) is 95.4 Å². The number of para-hydroxylation sites is 2. The number of pyridine rings is 2. The molecule has 6 rings (SSSR count). The Morgan fingerprint density at radius 1 is 0.347 bits per heavy atom.